The number of hydrogen-bond acceptors (Lipinski definition) is 21. The molecule has 0 saturated carbocycles. The Morgan fingerprint density at radius 3 is 2.34 bits per heavy atom. The number of hydrogen-bond donors (Lipinski definition) is 9. The molecule has 11 N–H and O–H groups in total. The molecular formula is C42H51ClN11O17P3. The number of H-pyrrole nitrogens is 1. The molecule has 2 aliphatic heterocycles. The summed E-state index contributed by atoms with van der Waals surface area (Å²) in [7, 11) is -13.6. The number of aromatic amines is 1. The first-order chi connectivity index (χ1) is 35.3. The first-order valence-electron chi connectivity index (χ1n) is 22.8. The molecule has 3 unspecified atom stereocenters. The van der Waals surface area contributed by atoms with Crippen molar-refractivity contribution in [2.24, 2.45) is 5.92 Å². The molecule has 0 bridgehead atoms. The van der Waals surface area contributed by atoms with Gasteiger partial charge in [-0.15, -0.1) is 0 Å². The van der Waals surface area contributed by atoms with Crippen LogP contribution < -0.4 is 27.1 Å². The number of rotatable bonds is 23. The molecule has 0 amide bonds. The van der Waals surface area contributed by atoms with Crippen molar-refractivity contribution >= 4 is 96.5 Å². The molecule has 0 aliphatic carbocycles. The van der Waals surface area contributed by atoms with Gasteiger partial charge in [-0.2, -0.15) is 4.98 Å². The Morgan fingerprint density at radius 1 is 0.838 bits per heavy atom. The summed E-state index contributed by atoms with van der Waals surface area (Å²) in [5.41, 5.74) is 14.0. The zero-order valence-electron chi connectivity index (χ0n) is 39.0. The van der Waals surface area contributed by atoms with Crippen LogP contribution in [-0.2, 0) is 45.8 Å². The van der Waals surface area contributed by atoms with Gasteiger partial charge in [0.15, 0.2) is 17.1 Å². The van der Waals surface area contributed by atoms with Crippen molar-refractivity contribution in [3.63, 3.8) is 0 Å². The van der Waals surface area contributed by atoms with E-state index in [1.807, 2.05) is 18.2 Å². The number of phosphoric acid groups is 3. The van der Waals surface area contributed by atoms with Crippen molar-refractivity contribution in [1.29, 1.82) is 0 Å². The molecule has 5 aromatic heterocycles. The highest BCUT2D eigenvalue weighted by Crippen LogP contribution is 2.51. The number of nitrogens with two attached hydrogens (primary N) is 2. The van der Waals surface area contributed by atoms with Crippen LogP contribution in [0.2, 0.25) is 5.02 Å². The topological polar surface area (TPSA) is 397 Å². The Morgan fingerprint density at radius 2 is 1.58 bits per heavy atom. The van der Waals surface area contributed by atoms with Gasteiger partial charge in [0.1, 0.15) is 54.5 Å². The van der Waals surface area contributed by atoms with Gasteiger partial charge in [0, 0.05) is 47.3 Å². The molecular weight excluding hydrogens is 1060 g/mol. The Labute approximate surface area is 423 Å². The predicted molar refractivity (Wildman–Crippen MR) is 265 cm³/mol. The zero-order valence-corrected chi connectivity index (χ0v) is 42.5. The molecule has 7 aromatic rings. The van der Waals surface area contributed by atoms with Crippen LogP contribution >= 0.6 is 35.1 Å². The van der Waals surface area contributed by atoms with Crippen molar-refractivity contribution in [1.82, 2.24) is 39.0 Å². The van der Waals surface area contributed by atoms with Gasteiger partial charge in [0.25, 0.3) is 5.56 Å². The first kappa shape index (κ1) is 53.6. The molecule has 74 heavy (non-hydrogen) atoms. The van der Waals surface area contributed by atoms with Gasteiger partial charge < -0.3 is 60.2 Å². The van der Waals surface area contributed by atoms with E-state index in [1.54, 1.807) is 25.3 Å². The number of aliphatic hydroxyl groups is 1. The molecule has 2 saturated heterocycles. The Hall–Kier alpha value is -5.22. The molecule has 2 aliphatic rings. The molecule has 32 heteroatoms. The second-order valence-corrected chi connectivity index (χ2v) is 21.8. The summed E-state index contributed by atoms with van der Waals surface area (Å²) in [4.78, 5) is 77.5. The van der Waals surface area contributed by atoms with E-state index in [1.165, 1.54) is 34.1 Å². The lowest BCUT2D eigenvalue weighted by Crippen LogP contribution is -2.28. The number of nitrogens with zero attached hydrogens (tertiary/aromatic N) is 7. The fourth-order valence-electron chi connectivity index (χ4n) is 8.83. The summed E-state index contributed by atoms with van der Waals surface area (Å²) in [6.07, 6.45) is -1.95. The highest BCUT2D eigenvalue weighted by Gasteiger charge is 2.44. The molecule has 398 valence electrons. The maximum atomic E-state index is 13.6. The Bertz CT molecular complexity index is 3380. The molecule has 2 aromatic carbocycles. The fourth-order valence-corrected chi connectivity index (χ4v) is 11.4. The zero-order chi connectivity index (χ0) is 52.5. The van der Waals surface area contributed by atoms with E-state index >= 15 is 0 Å². The van der Waals surface area contributed by atoms with Gasteiger partial charge in [-0.05, 0) is 55.3 Å². The average Bonchev–Trinajstić information content (AvgIpc) is 4.16. The van der Waals surface area contributed by atoms with Gasteiger partial charge in [-0.25, -0.2) is 33.6 Å². The van der Waals surface area contributed by atoms with Crippen molar-refractivity contribution in [3.8, 4) is 5.75 Å². The van der Waals surface area contributed by atoms with Crippen LogP contribution in [0.25, 0.3) is 44.0 Å². The lowest BCUT2D eigenvalue weighted by Gasteiger charge is -2.24. The number of aliphatic hydroxyl groups excluding tert-OH is 1. The summed E-state index contributed by atoms with van der Waals surface area (Å²) in [6.45, 7) is -2.06. The number of halogens is 1. The van der Waals surface area contributed by atoms with E-state index in [9.17, 15) is 43.2 Å². The molecule has 7 heterocycles. The summed E-state index contributed by atoms with van der Waals surface area (Å²) >= 11 is 6.32. The van der Waals surface area contributed by atoms with Crippen LogP contribution in [0.15, 0.2) is 66.1 Å². The lowest BCUT2D eigenvalue weighted by molar-refractivity contribution is -0.0453. The number of imidazole rings is 1. The highest BCUT2D eigenvalue weighted by molar-refractivity contribution is 7.47. The van der Waals surface area contributed by atoms with Crippen LogP contribution in [0.3, 0.4) is 0 Å². The van der Waals surface area contributed by atoms with E-state index < -0.39 is 98.2 Å². The summed E-state index contributed by atoms with van der Waals surface area (Å²) < 4.78 is 86.1. The number of pyridine rings is 1. The SMILES string of the molecule is COc1ccc2nc3cc(Cl)ccc3c(NCCCCC(COP(=O)(O)OC[C@H]3O[C@@H](n4ccc5c(=O)[nH]c(N)nc54)C[C@@H]3OP(=O)(O)O)COP(=O)(O)O[C@H]3C[C@H](n4cnc5c(N)ncnc54)O[C@@H]3CO)c2c1. The summed E-state index contributed by atoms with van der Waals surface area (Å²) in [6, 6.07) is 12.3. The molecule has 9 atom stereocenters. The number of fused-ring (bicyclic) bond motifs is 4. The molecule has 2 fully saturated rings. The molecule has 9 rings (SSSR count). The molecule has 0 spiro atoms. The van der Waals surface area contributed by atoms with Crippen molar-refractivity contribution in [3.05, 3.63) is 76.7 Å². The number of anilines is 3. The van der Waals surface area contributed by atoms with Crippen LogP contribution in [-0.4, -0.2) is 128 Å². The van der Waals surface area contributed by atoms with E-state index in [4.69, 9.17) is 64.9 Å². The van der Waals surface area contributed by atoms with Gasteiger partial charge in [-0.1, -0.05) is 18.0 Å². The van der Waals surface area contributed by atoms with Gasteiger partial charge >= 0.3 is 23.5 Å². The second-order valence-electron chi connectivity index (χ2n) is 17.3. The van der Waals surface area contributed by atoms with Gasteiger partial charge in [-0.3, -0.25) is 37.0 Å². The van der Waals surface area contributed by atoms with Gasteiger partial charge in [0.2, 0.25) is 5.95 Å². The van der Waals surface area contributed by atoms with Crippen LogP contribution in [0.4, 0.5) is 17.5 Å². The van der Waals surface area contributed by atoms with Gasteiger partial charge in [0.05, 0.1) is 62.0 Å². The van der Waals surface area contributed by atoms with Crippen LogP contribution in [0.1, 0.15) is 44.6 Å². The van der Waals surface area contributed by atoms with Crippen LogP contribution in [0, 0.1) is 5.92 Å². The van der Waals surface area contributed by atoms with Crippen molar-refractivity contribution in [2.75, 3.05) is 56.9 Å². The van der Waals surface area contributed by atoms with E-state index in [-0.39, 0.29) is 42.1 Å². The standard InChI is InChI=1S/C42H51ClN11O17P3/c1-64-24-6-8-28-27(13-24)36(25-7-5-23(43)12-29(25)50-28)46-10-3-2-4-22(18-66-74(62,63)71-30-14-35(68-32(30)16-55)54-21-49-37-38(44)47-20-48-40(37)54)17-65-73(60,61)67-19-33-31(70-72(57,58)59)15-34(69-33)53-11-9-26-39(53)51-42(45)52-41(26)56/h5-9,11-13,20-22,30-35,55H,2-4,10,14-19H2,1H3,(H,46,50)(H,60,61)(H,62,63)(H2,44,47,48)(H2,57,58,59)(H3,45,51,52,56)/t22?,30-,31-,32+,33+,34+,35+/m0/s1. The summed E-state index contributed by atoms with van der Waals surface area (Å²) in [5, 5.41) is 15.9. The Balaban J connectivity index is 0.870. The average molecular weight is 1110 g/mol. The monoisotopic (exact) mass is 1110 g/mol. The Kier molecular flexibility index (Phi) is 16.1. The maximum absolute atomic E-state index is 13.6. The van der Waals surface area contributed by atoms with Crippen molar-refractivity contribution in [2.45, 2.75) is 69.0 Å². The van der Waals surface area contributed by atoms with E-state index in [0.29, 0.717) is 52.4 Å². The third-order valence-corrected chi connectivity index (χ3v) is 15.1. The quantitative estimate of drug-likeness (QED) is 0.0239. The second kappa shape index (κ2) is 22.2. The number of unbranched alkanes of at least 4 members (excludes halogenated alkanes) is 1. The number of aromatic nitrogens is 8. The largest absolute Gasteiger partial charge is 0.497 e. The number of methoxy groups -OCH3 is 1. The molecule has 28 nitrogen and oxygen atoms in total. The number of ether oxygens (including phenoxy) is 3. The highest BCUT2D eigenvalue weighted by atomic mass is 35.5. The third-order valence-electron chi connectivity index (χ3n) is 12.3. The molecule has 0 radical (unpaired) electrons. The van der Waals surface area contributed by atoms with E-state index in [2.05, 4.69) is 30.2 Å². The maximum Gasteiger partial charge on any atom is 0.472 e. The first-order valence-corrected chi connectivity index (χ1v) is 27.7. The number of nitrogens with one attached hydrogen (secondary N) is 2. The fraction of sp³-hybridized carbons (Fsp3) is 0.429. The van der Waals surface area contributed by atoms with E-state index in [0.717, 1.165) is 16.5 Å². The lowest BCUT2D eigenvalue weighted by atomic mass is 10.0. The minimum Gasteiger partial charge on any atom is -0.497 e. The smallest absolute Gasteiger partial charge is 0.472 e. The third kappa shape index (κ3) is 12.4. The normalized spacial score (nSPS) is 22.4. The minimum absolute atomic E-state index is 0.0419. The minimum atomic E-state index is -5.15. The number of phosphoric ester groups is 3. The van der Waals surface area contributed by atoms with Crippen LogP contribution in [0.5, 0.6) is 5.75 Å². The number of nitrogen functional groups attached to an aromatic ring is 2. The summed E-state index contributed by atoms with van der Waals surface area (Å²) in [5.74, 6) is -0.315. The number of benzene rings is 2. The van der Waals surface area contributed by atoms with Crippen molar-refractivity contribution < 1.29 is 75.2 Å². The predicted octanol–water partition coefficient (Wildman–Crippen LogP) is 4.67.